The average molecular weight is 332 g/mol. The maximum atomic E-state index is 13.3. The van der Waals surface area contributed by atoms with Gasteiger partial charge in [-0.2, -0.15) is 13.2 Å². The van der Waals surface area contributed by atoms with Crippen LogP contribution < -0.4 is 0 Å². The molecule has 0 aliphatic heterocycles. The van der Waals surface area contributed by atoms with Crippen LogP contribution >= 0.6 is 0 Å². The lowest BCUT2D eigenvalue weighted by atomic mass is 10.1. The van der Waals surface area contributed by atoms with Gasteiger partial charge in [-0.3, -0.25) is 9.78 Å². The third kappa shape index (κ3) is 3.34. The Balaban J connectivity index is 2.02. The number of benzene rings is 1. The first-order valence-electron chi connectivity index (χ1n) is 7.00. The summed E-state index contributed by atoms with van der Waals surface area (Å²) < 4.78 is 44.7. The van der Waals surface area contributed by atoms with Crippen molar-refractivity contribution in [3.8, 4) is 0 Å². The molecule has 0 aliphatic rings. The van der Waals surface area contributed by atoms with Crippen molar-refractivity contribution in [1.82, 2.24) is 4.98 Å². The minimum atomic E-state index is -4.74. The Hall–Kier alpha value is -2.96. The van der Waals surface area contributed by atoms with Gasteiger partial charge in [0.25, 0.3) is 0 Å². The first-order chi connectivity index (χ1) is 11.4. The van der Waals surface area contributed by atoms with Gasteiger partial charge in [-0.1, -0.05) is 18.2 Å². The molecule has 4 nitrogen and oxygen atoms in total. The normalized spacial score (nSPS) is 12.5. The molecule has 7 heteroatoms. The van der Waals surface area contributed by atoms with E-state index in [1.165, 1.54) is 30.7 Å². The molecule has 0 bridgehead atoms. The van der Waals surface area contributed by atoms with Crippen LogP contribution in [-0.4, -0.2) is 22.7 Å². The van der Waals surface area contributed by atoms with Crippen LogP contribution in [0.15, 0.2) is 64.3 Å². The highest BCUT2D eigenvalue weighted by atomic mass is 19.4. The first kappa shape index (κ1) is 15.9. The SMILES string of the molecule is O=C(C/C(=N\c1cccc2cccnc12)C(F)(F)F)c1ccco1. The fourth-order valence-corrected chi connectivity index (χ4v) is 2.20. The van der Waals surface area contributed by atoms with Gasteiger partial charge >= 0.3 is 6.18 Å². The lowest BCUT2D eigenvalue weighted by Crippen LogP contribution is -2.25. The Morgan fingerprint density at radius 3 is 2.62 bits per heavy atom. The van der Waals surface area contributed by atoms with E-state index in [-0.39, 0.29) is 11.4 Å². The number of hydrogen-bond acceptors (Lipinski definition) is 4. The molecule has 0 spiro atoms. The highest BCUT2D eigenvalue weighted by molar-refractivity contribution is 6.11. The van der Waals surface area contributed by atoms with Crippen molar-refractivity contribution in [3.63, 3.8) is 0 Å². The monoisotopic (exact) mass is 332 g/mol. The molecule has 0 N–H and O–H groups in total. The molecule has 1 aromatic carbocycles. The van der Waals surface area contributed by atoms with Crippen LogP contribution in [0.1, 0.15) is 17.0 Å². The predicted octanol–water partition coefficient (Wildman–Crippen LogP) is 4.74. The standard InChI is InChI=1S/C17H11F3N2O2/c18-17(19,20)15(10-13(23)14-7-3-9-24-14)22-12-6-1-4-11-5-2-8-21-16(11)12/h1-9H,10H2/b22-15+. The number of hydrogen-bond donors (Lipinski definition) is 0. The summed E-state index contributed by atoms with van der Waals surface area (Å²) >= 11 is 0. The van der Waals surface area contributed by atoms with Crippen molar-refractivity contribution >= 4 is 28.1 Å². The molecule has 24 heavy (non-hydrogen) atoms. The minimum absolute atomic E-state index is 0.0627. The number of halogens is 3. The highest BCUT2D eigenvalue weighted by Gasteiger charge is 2.37. The smallest absolute Gasteiger partial charge is 0.429 e. The van der Waals surface area contributed by atoms with E-state index in [1.54, 1.807) is 24.3 Å². The fraction of sp³-hybridized carbons (Fsp3) is 0.118. The Morgan fingerprint density at radius 2 is 1.92 bits per heavy atom. The number of aliphatic imine (C=N–C) groups is 1. The number of nitrogens with zero attached hydrogens (tertiary/aromatic N) is 2. The van der Waals surface area contributed by atoms with Gasteiger partial charge in [-0.25, -0.2) is 4.99 Å². The Bertz CT molecular complexity index is 894. The molecule has 2 aromatic heterocycles. The molecule has 0 amide bonds. The molecule has 0 unspecified atom stereocenters. The van der Waals surface area contributed by atoms with E-state index in [0.717, 1.165) is 0 Å². The number of carbonyl (C=O) groups excluding carboxylic acids is 1. The Morgan fingerprint density at radius 1 is 1.12 bits per heavy atom. The van der Waals surface area contributed by atoms with E-state index in [4.69, 9.17) is 4.42 Å². The second-order valence-electron chi connectivity index (χ2n) is 4.99. The zero-order chi connectivity index (χ0) is 17.2. The lowest BCUT2D eigenvalue weighted by Gasteiger charge is -2.10. The van der Waals surface area contributed by atoms with Gasteiger partial charge in [0.05, 0.1) is 23.9 Å². The zero-order valence-corrected chi connectivity index (χ0v) is 12.2. The van der Waals surface area contributed by atoms with E-state index >= 15 is 0 Å². The molecule has 0 aliphatic carbocycles. The second-order valence-corrected chi connectivity index (χ2v) is 4.99. The Labute approximate surface area is 134 Å². The molecule has 122 valence electrons. The van der Waals surface area contributed by atoms with Crippen molar-refractivity contribution in [2.45, 2.75) is 12.6 Å². The zero-order valence-electron chi connectivity index (χ0n) is 12.2. The molecule has 0 saturated carbocycles. The van der Waals surface area contributed by atoms with Crippen molar-refractivity contribution < 1.29 is 22.4 Å². The van der Waals surface area contributed by atoms with E-state index in [2.05, 4.69) is 9.98 Å². The second kappa shape index (κ2) is 6.27. The molecule has 0 radical (unpaired) electrons. The van der Waals surface area contributed by atoms with Gasteiger partial charge < -0.3 is 4.42 Å². The molecule has 0 saturated heterocycles. The van der Waals surface area contributed by atoms with Crippen LogP contribution in [0.4, 0.5) is 18.9 Å². The van der Waals surface area contributed by atoms with Crippen LogP contribution in [0.5, 0.6) is 0 Å². The third-order valence-corrected chi connectivity index (χ3v) is 3.32. The molecule has 0 fully saturated rings. The number of ketones is 1. The average Bonchev–Trinajstić information content (AvgIpc) is 3.08. The Kier molecular flexibility index (Phi) is 4.16. The van der Waals surface area contributed by atoms with E-state index < -0.39 is 24.1 Å². The van der Waals surface area contributed by atoms with Crippen molar-refractivity contribution in [3.05, 3.63) is 60.7 Å². The van der Waals surface area contributed by atoms with Crippen molar-refractivity contribution in [2.75, 3.05) is 0 Å². The number of alkyl halides is 3. The largest absolute Gasteiger partial charge is 0.461 e. The minimum Gasteiger partial charge on any atom is -0.461 e. The number of pyridine rings is 1. The van der Waals surface area contributed by atoms with Crippen LogP contribution in [0.2, 0.25) is 0 Å². The maximum Gasteiger partial charge on any atom is 0.429 e. The van der Waals surface area contributed by atoms with Crippen LogP contribution in [0.3, 0.4) is 0 Å². The number of aromatic nitrogens is 1. The summed E-state index contributed by atoms with van der Waals surface area (Å²) in [5.74, 6) is -0.924. The quantitative estimate of drug-likeness (QED) is 0.512. The summed E-state index contributed by atoms with van der Waals surface area (Å²) in [6.07, 6.45) is -2.94. The van der Waals surface area contributed by atoms with Crippen molar-refractivity contribution in [1.29, 1.82) is 0 Å². The number of carbonyl (C=O) groups is 1. The summed E-state index contributed by atoms with van der Waals surface area (Å²) in [4.78, 5) is 19.7. The summed E-state index contributed by atoms with van der Waals surface area (Å²) in [6.45, 7) is 0. The number of fused-ring (bicyclic) bond motifs is 1. The molecular formula is C17H11F3N2O2. The predicted molar refractivity (Wildman–Crippen MR) is 82.5 cm³/mol. The van der Waals surface area contributed by atoms with E-state index in [0.29, 0.717) is 10.9 Å². The van der Waals surface area contributed by atoms with Crippen LogP contribution in [0, 0.1) is 0 Å². The van der Waals surface area contributed by atoms with E-state index in [9.17, 15) is 18.0 Å². The first-order valence-corrected chi connectivity index (χ1v) is 7.00. The van der Waals surface area contributed by atoms with Crippen molar-refractivity contribution in [2.24, 2.45) is 4.99 Å². The van der Waals surface area contributed by atoms with Gasteiger partial charge in [-0.05, 0) is 24.3 Å². The maximum absolute atomic E-state index is 13.3. The third-order valence-electron chi connectivity index (χ3n) is 3.32. The number of rotatable bonds is 4. The van der Waals surface area contributed by atoms with Gasteiger partial charge in [0.2, 0.25) is 5.78 Å². The topological polar surface area (TPSA) is 55.5 Å². The van der Waals surface area contributed by atoms with Gasteiger partial charge in [-0.15, -0.1) is 0 Å². The van der Waals surface area contributed by atoms with Gasteiger partial charge in [0.15, 0.2) is 5.76 Å². The molecule has 3 aromatic rings. The van der Waals surface area contributed by atoms with Crippen LogP contribution in [-0.2, 0) is 0 Å². The van der Waals surface area contributed by atoms with Gasteiger partial charge in [0, 0.05) is 11.6 Å². The summed E-state index contributed by atoms with van der Waals surface area (Å²) in [5, 5.41) is 0.664. The molecule has 3 rings (SSSR count). The fourth-order valence-electron chi connectivity index (χ4n) is 2.20. The summed E-state index contributed by atoms with van der Waals surface area (Å²) in [5.41, 5.74) is -0.790. The molecular weight excluding hydrogens is 321 g/mol. The summed E-state index contributed by atoms with van der Waals surface area (Å²) in [7, 11) is 0. The van der Waals surface area contributed by atoms with E-state index in [1.807, 2.05) is 0 Å². The molecule has 0 atom stereocenters. The van der Waals surface area contributed by atoms with Gasteiger partial charge in [0.1, 0.15) is 5.71 Å². The number of Topliss-reactive ketones (excluding diaryl/α,β-unsaturated/α-hetero) is 1. The summed E-state index contributed by atoms with van der Waals surface area (Å²) in [6, 6.07) is 10.9. The lowest BCUT2D eigenvalue weighted by molar-refractivity contribution is -0.0601. The number of para-hydroxylation sites is 1. The number of furan rings is 1. The highest BCUT2D eigenvalue weighted by Crippen LogP contribution is 2.28. The molecule has 2 heterocycles. The van der Waals surface area contributed by atoms with Crippen LogP contribution in [0.25, 0.3) is 10.9 Å².